The summed E-state index contributed by atoms with van der Waals surface area (Å²) in [6.45, 7) is 2.23. The van der Waals surface area contributed by atoms with Crippen molar-refractivity contribution in [2.24, 2.45) is 11.8 Å². The Balaban J connectivity index is 1.43. The van der Waals surface area contributed by atoms with Gasteiger partial charge in [-0.2, -0.15) is 0 Å². The molecule has 170 valence electrons. The highest BCUT2D eigenvalue weighted by atomic mass is 16.2. The summed E-state index contributed by atoms with van der Waals surface area (Å²) < 4.78 is 0. The molecule has 1 saturated carbocycles. The van der Waals surface area contributed by atoms with Gasteiger partial charge in [0.1, 0.15) is 0 Å². The minimum Gasteiger partial charge on any atom is -0.326 e. The fraction of sp³-hybridized carbons (Fsp3) is 0.654. The number of carbonyl (C=O) groups excluding carboxylic acids is 3. The Morgan fingerprint density at radius 1 is 0.903 bits per heavy atom. The number of nitrogens with one attached hydrogen (secondary N) is 1. The molecule has 2 atom stereocenters. The average Bonchev–Trinajstić information content (AvgIpc) is 3.03. The number of benzene rings is 1. The third kappa shape index (κ3) is 6.41. The minimum absolute atomic E-state index is 0.00663. The maximum absolute atomic E-state index is 12.8. The van der Waals surface area contributed by atoms with Gasteiger partial charge >= 0.3 is 0 Å². The van der Waals surface area contributed by atoms with Crippen molar-refractivity contribution in [2.75, 3.05) is 10.2 Å². The summed E-state index contributed by atoms with van der Waals surface area (Å²) in [4.78, 5) is 39.3. The highest BCUT2D eigenvalue weighted by Crippen LogP contribution is 2.40. The molecule has 5 heteroatoms. The number of imide groups is 1. The predicted octanol–water partition coefficient (Wildman–Crippen LogP) is 6.23. The summed E-state index contributed by atoms with van der Waals surface area (Å²) in [5.74, 6) is -0.481. The predicted molar refractivity (Wildman–Crippen MR) is 125 cm³/mol. The molecule has 0 aromatic heterocycles. The van der Waals surface area contributed by atoms with Crippen molar-refractivity contribution in [1.82, 2.24) is 0 Å². The molecule has 1 aliphatic carbocycles. The molecule has 1 heterocycles. The molecule has 31 heavy (non-hydrogen) atoms. The summed E-state index contributed by atoms with van der Waals surface area (Å²) in [6.07, 6.45) is 15.2. The number of carbonyl (C=O) groups is 3. The van der Waals surface area contributed by atoms with Crippen molar-refractivity contribution in [3.8, 4) is 0 Å². The lowest BCUT2D eigenvalue weighted by Crippen LogP contribution is -2.30. The highest BCUT2D eigenvalue weighted by Gasteiger charge is 2.48. The van der Waals surface area contributed by atoms with E-state index in [-0.39, 0.29) is 29.6 Å². The smallest absolute Gasteiger partial charge is 0.237 e. The summed E-state index contributed by atoms with van der Waals surface area (Å²) in [6, 6.07) is 7.15. The van der Waals surface area contributed by atoms with E-state index in [1.165, 1.54) is 49.8 Å². The molecule has 0 bridgehead atoms. The van der Waals surface area contributed by atoms with Gasteiger partial charge in [0.2, 0.25) is 17.7 Å². The first-order chi connectivity index (χ1) is 15.1. The van der Waals surface area contributed by atoms with Crippen LogP contribution in [0.15, 0.2) is 24.3 Å². The van der Waals surface area contributed by atoms with Gasteiger partial charge < -0.3 is 5.32 Å². The van der Waals surface area contributed by atoms with E-state index >= 15 is 0 Å². The Morgan fingerprint density at radius 2 is 1.48 bits per heavy atom. The van der Waals surface area contributed by atoms with Gasteiger partial charge in [-0.25, -0.2) is 4.90 Å². The zero-order chi connectivity index (χ0) is 22.1. The van der Waals surface area contributed by atoms with Gasteiger partial charge in [0.25, 0.3) is 0 Å². The number of hydrogen-bond acceptors (Lipinski definition) is 3. The van der Waals surface area contributed by atoms with E-state index in [4.69, 9.17) is 0 Å². The maximum Gasteiger partial charge on any atom is 0.237 e. The van der Waals surface area contributed by atoms with Crippen LogP contribution in [0.2, 0.25) is 0 Å². The first kappa shape index (κ1) is 23.5. The summed E-state index contributed by atoms with van der Waals surface area (Å²) in [5.41, 5.74) is 1.22. The van der Waals surface area contributed by atoms with Gasteiger partial charge in [-0.3, -0.25) is 14.4 Å². The van der Waals surface area contributed by atoms with E-state index < -0.39 is 0 Å². The molecular weight excluding hydrogens is 388 g/mol. The second kappa shape index (κ2) is 12.0. The monoisotopic (exact) mass is 426 g/mol. The van der Waals surface area contributed by atoms with Crippen molar-refractivity contribution in [1.29, 1.82) is 0 Å². The van der Waals surface area contributed by atoms with Gasteiger partial charge in [-0.1, -0.05) is 77.2 Å². The Labute approximate surface area is 187 Å². The number of rotatable bonds is 12. The molecule has 0 unspecified atom stereocenters. The molecule has 1 aromatic carbocycles. The normalized spacial score (nSPS) is 20.7. The molecule has 0 radical (unpaired) electrons. The Hall–Kier alpha value is -2.17. The molecule has 2 fully saturated rings. The van der Waals surface area contributed by atoms with Crippen molar-refractivity contribution < 1.29 is 14.4 Å². The Bertz CT molecular complexity index is 737. The molecule has 1 aliphatic heterocycles. The van der Waals surface area contributed by atoms with E-state index in [9.17, 15) is 14.4 Å². The van der Waals surface area contributed by atoms with Crippen LogP contribution in [0, 0.1) is 11.8 Å². The second-order valence-electron chi connectivity index (χ2n) is 9.19. The topological polar surface area (TPSA) is 66.5 Å². The van der Waals surface area contributed by atoms with Crippen LogP contribution in [-0.2, 0) is 14.4 Å². The van der Waals surface area contributed by atoms with Crippen LogP contribution < -0.4 is 10.2 Å². The van der Waals surface area contributed by atoms with Crippen LogP contribution in [0.25, 0.3) is 0 Å². The molecule has 3 amide bonds. The van der Waals surface area contributed by atoms with Crippen LogP contribution in [0.4, 0.5) is 11.4 Å². The van der Waals surface area contributed by atoms with Gasteiger partial charge in [0.05, 0.1) is 17.5 Å². The SMILES string of the molecule is CCCCCCCCCCCC(=O)Nc1cccc(N2C(=O)[C@H]3CCCC[C@H]3C2=O)c1. The molecule has 0 spiro atoms. The molecule has 3 rings (SSSR count). The summed E-state index contributed by atoms with van der Waals surface area (Å²) >= 11 is 0. The quantitative estimate of drug-likeness (QED) is 0.318. The molecule has 1 aromatic rings. The Morgan fingerprint density at radius 3 is 2.10 bits per heavy atom. The number of anilines is 2. The van der Waals surface area contributed by atoms with Crippen molar-refractivity contribution >= 4 is 29.1 Å². The van der Waals surface area contributed by atoms with Crippen LogP contribution in [0.3, 0.4) is 0 Å². The van der Waals surface area contributed by atoms with E-state index in [1.807, 2.05) is 6.07 Å². The van der Waals surface area contributed by atoms with E-state index in [0.29, 0.717) is 17.8 Å². The number of fused-ring (bicyclic) bond motifs is 1. The van der Waals surface area contributed by atoms with Gasteiger partial charge in [-0.15, -0.1) is 0 Å². The highest BCUT2D eigenvalue weighted by molar-refractivity contribution is 6.22. The largest absolute Gasteiger partial charge is 0.326 e. The van der Waals surface area contributed by atoms with Gasteiger partial charge in [0.15, 0.2) is 0 Å². The van der Waals surface area contributed by atoms with Crippen LogP contribution in [0.5, 0.6) is 0 Å². The van der Waals surface area contributed by atoms with Gasteiger partial charge in [0, 0.05) is 12.1 Å². The number of hydrogen-bond donors (Lipinski definition) is 1. The fourth-order valence-electron chi connectivity index (χ4n) is 4.96. The zero-order valence-electron chi connectivity index (χ0n) is 19.0. The summed E-state index contributed by atoms with van der Waals surface area (Å²) in [5, 5.41) is 2.94. The molecular formula is C26H38N2O3. The second-order valence-corrected chi connectivity index (χ2v) is 9.19. The third-order valence-electron chi connectivity index (χ3n) is 6.74. The molecule has 1 N–H and O–H groups in total. The first-order valence-electron chi connectivity index (χ1n) is 12.4. The van der Waals surface area contributed by atoms with Crippen LogP contribution >= 0.6 is 0 Å². The fourth-order valence-corrected chi connectivity index (χ4v) is 4.96. The van der Waals surface area contributed by atoms with E-state index in [0.717, 1.165) is 38.5 Å². The minimum atomic E-state index is -0.161. The average molecular weight is 427 g/mol. The van der Waals surface area contributed by atoms with E-state index in [1.54, 1.807) is 18.2 Å². The lowest BCUT2D eigenvalue weighted by molar-refractivity contribution is -0.122. The Kier molecular flexibility index (Phi) is 9.11. The van der Waals surface area contributed by atoms with Gasteiger partial charge in [-0.05, 0) is 37.5 Å². The lowest BCUT2D eigenvalue weighted by Gasteiger charge is -2.19. The molecule has 1 saturated heterocycles. The maximum atomic E-state index is 12.8. The third-order valence-corrected chi connectivity index (χ3v) is 6.74. The molecule has 5 nitrogen and oxygen atoms in total. The number of amides is 3. The van der Waals surface area contributed by atoms with E-state index in [2.05, 4.69) is 12.2 Å². The van der Waals surface area contributed by atoms with Crippen LogP contribution in [-0.4, -0.2) is 17.7 Å². The standard InChI is InChI=1S/C26H38N2O3/c1-2-3-4-5-6-7-8-9-10-18-24(29)27-20-14-13-15-21(19-20)28-25(30)22-16-11-12-17-23(22)26(28)31/h13-15,19,22-23H,2-12,16-18H2,1H3,(H,27,29)/t22-,23+. The first-order valence-corrected chi connectivity index (χ1v) is 12.4. The van der Waals surface area contributed by atoms with Crippen molar-refractivity contribution in [3.05, 3.63) is 24.3 Å². The van der Waals surface area contributed by atoms with Crippen molar-refractivity contribution in [2.45, 2.75) is 96.8 Å². The lowest BCUT2D eigenvalue weighted by atomic mass is 9.81. The van der Waals surface area contributed by atoms with Crippen molar-refractivity contribution in [3.63, 3.8) is 0 Å². The number of nitrogens with zero attached hydrogens (tertiary/aromatic N) is 1. The summed E-state index contributed by atoms with van der Waals surface area (Å²) in [7, 11) is 0. The van der Waals surface area contributed by atoms with Crippen LogP contribution in [0.1, 0.15) is 96.8 Å². The molecule has 2 aliphatic rings. The number of unbranched alkanes of at least 4 members (excludes halogenated alkanes) is 8. The zero-order valence-corrected chi connectivity index (χ0v) is 19.0.